The van der Waals surface area contributed by atoms with Crippen molar-refractivity contribution in [2.45, 2.75) is 64.5 Å². The zero-order valence-corrected chi connectivity index (χ0v) is 18.4. The van der Waals surface area contributed by atoms with E-state index in [0.29, 0.717) is 24.0 Å². The SMILES string of the molecule is CCNC(=NCCC(=O)Nc1cccc(Cl)c1C)NC1CCN(C2CCCC2)C1. The second kappa shape index (κ2) is 10.8. The van der Waals surface area contributed by atoms with Crippen LogP contribution in [0.5, 0.6) is 0 Å². The number of carbonyl (C=O) groups excluding carboxylic acids is 1. The molecule has 1 saturated heterocycles. The topological polar surface area (TPSA) is 68.8 Å². The van der Waals surface area contributed by atoms with Gasteiger partial charge in [0.25, 0.3) is 0 Å². The Morgan fingerprint density at radius 3 is 2.83 bits per heavy atom. The van der Waals surface area contributed by atoms with Gasteiger partial charge in [-0.15, -0.1) is 0 Å². The van der Waals surface area contributed by atoms with Gasteiger partial charge in [0, 0.05) is 48.8 Å². The van der Waals surface area contributed by atoms with E-state index in [9.17, 15) is 4.79 Å². The van der Waals surface area contributed by atoms with E-state index in [2.05, 4.69) is 32.8 Å². The van der Waals surface area contributed by atoms with Gasteiger partial charge in [-0.3, -0.25) is 14.7 Å². The number of hydrogen-bond acceptors (Lipinski definition) is 3. The number of nitrogens with one attached hydrogen (secondary N) is 3. The largest absolute Gasteiger partial charge is 0.357 e. The molecule has 3 rings (SSSR count). The average Bonchev–Trinajstić information content (AvgIpc) is 3.37. The van der Waals surface area contributed by atoms with E-state index < -0.39 is 0 Å². The third-order valence-electron chi connectivity index (χ3n) is 5.90. The summed E-state index contributed by atoms with van der Waals surface area (Å²) in [6.45, 7) is 7.47. The first-order chi connectivity index (χ1) is 14.1. The van der Waals surface area contributed by atoms with Gasteiger partial charge in [0.2, 0.25) is 5.91 Å². The quantitative estimate of drug-likeness (QED) is 0.467. The van der Waals surface area contributed by atoms with Crippen LogP contribution in [0.25, 0.3) is 0 Å². The molecule has 1 saturated carbocycles. The van der Waals surface area contributed by atoms with Crippen LogP contribution < -0.4 is 16.0 Å². The van der Waals surface area contributed by atoms with Crippen LogP contribution in [0.4, 0.5) is 5.69 Å². The summed E-state index contributed by atoms with van der Waals surface area (Å²) in [7, 11) is 0. The van der Waals surface area contributed by atoms with Crippen LogP contribution in [0.3, 0.4) is 0 Å². The molecular weight excluding hydrogens is 386 g/mol. The van der Waals surface area contributed by atoms with Gasteiger partial charge in [0.1, 0.15) is 0 Å². The maximum absolute atomic E-state index is 12.3. The summed E-state index contributed by atoms with van der Waals surface area (Å²) in [5, 5.41) is 10.4. The van der Waals surface area contributed by atoms with E-state index in [0.717, 1.165) is 42.8 Å². The summed E-state index contributed by atoms with van der Waals surface area (Å²) in [5.41, 5.74) is 1.64. The number of anilines is 1. The minimum Gasteiger partial charge on any atom is -0.357 e. The molecule has 0 bridgehead atoms. The van der Waals surface area contributed by atoms with Gasteiger partial charge in [-0.05, 0) is 50.8 Å². The molecule has 2 aliphatic rings. The van der Waals surface area contributed by atoms with Gasteiger partial charge >= 0.3 is 0 Å². The number of benzene rings is 1. The number of halogens is 1. The number of rotatable bonds is 7. The standard InChI is InChI=1S/C22H34ClN5O/c1-3-24-22(26-17-12-14-28(15-17)18-7-4-5-8-18)25-13-11-21(29)27-20-10-6-9-19(23)16(20)2/h6,9-10,17-18H,3-5,7-8,11-15H2,1-2H3,(H,27,29)(H2,24,25,26). The highest BCUT2D eigenvalue weighted by Gasteiger charge is 2.30. The van der Waals surface area contributed by atoms with Gasteiger partial charge in [-0.25, -0.2) is 0 Å². The molecule has 6 nitrogen and oxygen atoms in total. The third-order valence-corrected chi connectivity index (χ3v) is 6.31. The highest BCUT2D eigenvalue weighted by Crippen LogP contribution is 2.26. The van der Waals surface area contributed by atoms with E-state index in [-0.39, 0.29) is 5.91 Å². The van der Waals surface area contributed by atoms with Gasteiger partial charge in [-0.1, -0.05) is 30.5 Å². The minimum absolute atomic E-state index is 0.0526. The van der Waals surface area contributed by atoms with Crippen LogP contribution in [0, 0.1) is 6.92 Å². The fraction of sp³-hybridized carbons (Fsp3) is 0.636. The predicted molar refractivity (Wildman–Crippen MR) is 121 cm³/mol. The molecule has 160 valence electrons. The normalized spacial score (nSPS) is 20.8. The molecule has 0 aromatic heterocycles. The van der Waals surface area contributed by atoms with Crippen molar-refractivity contribution >= 4 is 29.2 Å². The Hall–Kier alpha value is -1.79. The average molecular weight is 420 g/mol. The van der Waals surface area contributed by atoms with E-state index in [1.54, 1.807) is 0 Å². The number of aliphatic imine (C=N–C) groups is 1. The molecule has 1 aromatic rings. The molecule has 7 heteroatoms. The molecule has 29 heavy (non-hydrogen) atoms. The Morgan fingerprint density at radius 2 is 2.07 bits per heavy atom. The molecule has 1 atom stereocenters. The Bertz CT molecular complexity index is 717. The molecule has 0 spiro atoms. The fourth-order valence-corrected chi connectivity index (χ4v) is 4.42. The summed E-state index contributed by atoms with van der Waals surface area (Å²) >= 11 is 6.12. The number of carbonyl (C=O) groups is 1. The smallest absolute Gasteiger partial charge is 0.226 e. The maximum Gasteiger partial charge on any atom is 0.226 e. The van der Waals surface area contributed by atoms with Crippen LogP contribution in [0.15, 0.2) is 23.2 Å². The minimum atomic E-state index is -0.0526. The Kier molecular flexibility index (Phi) is 8.19. The van der Waals surface area contributed by atoms with Crippen molar-refractivity contribution in [1.82, 2.24) is 15.5 Å². The molecule has 3 N–H and O–H groups in total. The third kappa shape index (κ3) is 6.34. The van der Waals surface area contributed by atoms with Crippen LogP contribution in [0.2, 0.25) is 5.02 Å². The molecule has 1 aromatic carbocycles. The Balaban J connectivity index is 1.46. The Morgan fingerprint density at radius 1 is 1.28 bits per heavy atom. The molecule has 1 aliphatic carbocycles. The molecular formula is C22H34ClN5O. The van der Waals surface area contributed by atoms with Gasteiger partial charge in [-0.2, -0.15) is 0 Å². The molecule has 1 aliphatic heterocycles. The van der Waals surface area contributed by atoms with Gasteiger partial charge in [0.05, 0.1) is 6.54 Å². The van der Waals surface area contributed by atoms with Crippen molar-refractivity contribution in [2.75, 3.05) is 31.5 Å². The van der Waals surface area contributed by atoms with Crippen molar-refractivity contribution in [3.63, 3.8) is 0 Å². The van der Waals surface area contributed by atoms with Gasteiger partial charge < -0.3 is 16.0 Å². The first-order valence-corrected chi connectivity index (χ1v) is 11.3. The van der Waals surface area contributed by atoms with Crippen molar-refractivity contribution in [2.24, 2.45) is 4.99 Å². The summed E-state index contributed by atoms with van der Waals surface area (Å²) in [4.78, 5) is 19.5. The number of amides is 1. The number of guanidine groups is 1. The predicted octanol–water partition coefficient (Wildman–Crippen LogP) is 3.55. The van der Waals surface area contributed by atoms with E-state index in [4.69, 9.17) is 11.6 Å². The second-order valence-corrected chi connectivity index (χ2v) is 8.44. The lowest BCUT2D eigenvalue weighted by atomic mass is 10.2. The van der Waals surface area contributed by atoms with E-state index >= 15 is 0 Å². The molecule has 1 heterocycles. The number of hydrogen-bond donors (Lipinski definition) is 3. The number of nitrogens with zero attached hydrogens (tertiary/aromatic N) is 2. The zero-order chi connectivity index (χ0) is 20.6. The van der Waals surface area contributed by atoms with Crippen molar-refractivity contribution < 1.29 is 4.79 Å². The highest BCUT2D eigenvalue weighted by molar-refractivity contribution is 6.31. The Labute approximate surface area is 179 Å². The molecule has 2 fully saturated rings. The lowest BCUT2D eigenvalue weighted by molar-refractivity contribution is -0.116. The van der Waals surface area contributed by atoms with Crippen molar-refractivity contribution in [3.05, 3.63) is 28.8 Å². The second-order valence-electron chi connectivity index (χ2n) is 8.03. The summed E-state index contributed by atoms with van der Waals surface area (Å²) in [5.74, 6) is 0.751. The molecule has 0 radical (unpaired) electrons. The first-order valence-electron chi connectivity index (χ1n) is 10.9. The molecule has 1 unspecified atom stereocenters. The lowest BCUT2D eigenvalue weighted by Gasteiger charge is -2.24. The van der Waals surface area contributed by atoms with E-state index in [1.165, 1.54) is 32.2 Å². The summed E-state index contributed by atoms with van der Waals surface area (Å²) in [6, 6.07) is 6.73. The van der Waals surface area contributed by atoms with E-state index in [1.807, 2.05) is 25.1 Å². The van der Waals surface area contributed by atoms with Crippen LogP contribution in [0.1, 0.15) is 51.0 Å². The highest BCUT2D eigenvalue weighted by atomic mass is 35.5. The summed E-state index contributed by atoms with van der Waals surface area (Å²) < 4.78 is 0. The van der Waals surface area contributed by atoms with Crippen LogP contribution in [-0.2, 0) is 4.79 Å². The maximum atomic E-state index is 12.3. The van der Waals surface area contributed by atoms with Gasteiger partial charge in [0.15, 0.2) is 5.96 Å². The zero-order valence-electron chi connectivity index (χ0n) is 17.6. The lowest BCUT2D eigenvalue weighted by Crippen LogP contribution is -2.45. The van der Waals surface area contributed by atoms with Crippen molar-refractivity contribution in [3.8, 4) is 0 Å². The van der Waals surface area contributed by atoms with Crippen LogP contribution in [-0.4, -0.2) is 55.0 Å². The van der Waals surface area contributed by atoms with Crippen molar-refractivity contribution in [1.29, 1.82) is 0 Å². The fourth-order valence-electron chi connectivity index (χ4n) is 4.24. The number of likely N-dealkylation sites (tertiary alicyclic amines) is 1. The van der Waals surface area contributed by atoms with Crippen LogP contribution >= 0.6 is 11.6 Å². The monoisotopic (exact) mass is 419 g/mol. The molecule has 1 amide bonds. The first kappa shape index (κ1) is 21.9. The summed E-state index contributed by atoms with van der Waals surface area (Å²) in [6.07, 6.45) is 6.93.